The summed E-state index contributed by atoms with van der Waals surface area (Å²) in [6.45, 7) is 0. The third-order valence-corrected chi connectivity index (χ3v) is 9.26. The molecule has 0 saturated heterocycles. The Morgan fingerprint density at radius 2 is 1.10 bits per heavy atom. The van der Waals surface area contributed by atoms with Crippen LogP contribution in [0.3, 0.4) is 0 Å². The largest absolute Gasteiger partial charge is 0.456 e. The molecule has 0 amide bonds. The number of hydrogen-bond acceptors (Lipinski definition) is 4. The Bertz CT molecular complexity index is 2780. The molecule has 0 aliphatic carbocycles. The number of hydrogen-bond donors (Lipinski definition) is 0. The summed E-state index contributed by atoms with van der Waals surface area (Å²) in [5.41, 5.74) is 7.80. The number of nitrogens with zero attached hydrogens (tertiary/aromatic N) is 4. The van der Waals surface area contributed by atoms with Gasteiger partial charge in [-0.05, 0) is 40.6 Å². The second-order valence-corrected chi connectivity index (χ2v) is 12.0. The highest BCUT2D eigenvalue weighted by atomic mass is 16.3. The molecule has 0 unspecified atom stereocenters. The first kappa shape index (κ1) is 26.6. The Hall–Kier alpha value is -6.59. The average molecular weight is 615 g/mol. The molecule has 48 heavy (non-hydrogen) atoms. The van der Waals surface area contributed by atoms with E-state index < -0.39 is 0 Å². The van der Waals surface area contributed by atoms with Gasteiger partial charge in [-0.15, -0.1) is 0 Å². The van der Waals surface area contributed by atoms with Crippen LogP contribution in [0.4, 0.5) is 0 Å². The van der Waals surface area contributed by atoms with Crippen molar-refractivity contribution in [3.63, 3.8) is 0 Å². The van der Waals surface area contributed by atoms with Crippen LogP contribution in [0, 0.1) is 0 Å². The molecule has 0 bridgehead atoms. The fraction of sp³-hybridized carbons (Fsp3) is 0. The fourth-order valence-electron chi connectivity index (χ4n) is 7.07. The Morgan fingerprint density at radius 3 is 1.88 bits per heavy atom. The highest BCUT2D eigenvalue weighted by molar-refractivity contribution is 6.19. The summed E-state index contributed by atoms with van der Waals surface area (Å²) in [5, 5.41) is 6.91. The van der Waals surface area contributed by atoms with Crippen LogP contribution in [0.5, 0.6) is 0 Å². The van der Waals surface area contributed by atoms with Crippen LogP contribution in [0.2, 0.25) is 0 Å². The van der Waals surface area contributed by atoms with Gasteiger partial charge in [0.25, 0.3) is 0 Å². The normalized spacial score (nSPS) is 11.8. The van der Waals surface area contributed by atoms with Crippen molar-refractivity contribution in [3.05, 3.63) is 158 Å². The quantitative estimate of drug-likeness (QED) is 0.198. The zero-order chi connectivity index (χ0) is 31.6. The molecule has 5 nitrogen and oxygen atoms in total. The fourth-order valence-corrected chi connectivity index (χ4v) is 7.07. The lowest BCUT2D eigenvalue weighted by atomic mass is 9.99. The maximum atomic E-state index is 6.50. The summed E-state index contributed by atoms with van der Waals surface area (Å²) in [6, 6.07) is 54.4. The molecule has 10 aromatic rings. The SMILES string of the molecule is c1ccc(-c2nc(-c3ccccc3)nc(-n3c4ccccc4c4cccc(-c5ccc6c(c5)oc5ccc7ccccc7c56)c43)n2)cc1. The molecule has 0 atom stereocenters. The predicted molar refractivity (Wildman–Crippen MR) is 195 cm³/mol. The van der Waals surface area contributed by atoms with Crippen molar-refractivity contribution in [2.45, 2.75) is 0 Å². The molecule has 0 aliphatic rings. The summed E-state index contributed by atoms with van der Waals surface area (Å²) in [4.78, 5) is 15.2. The zero-order valence-corrected chi connectivity index (χ0v) is 25.7. The average Bonchev–Trinajstić information content (AvgIpc) is 3.71. The molecular formula is C43H26N4O. The second kappa shape index (κ2) is 10.5. The monoisotopic (exact) mass is 614 g/mol. The van der Waals surface area contributed by atoms with Crippen LogP contribution in [0.15, 0.2) is 162 Å². The van der Waals surface area contributed by atoms with Gasteiger partial charge in [-0.25, -0.2) is 4.98 Å². The molecule has 0 N–H and O–H groups in total. The van der Waals surface area contributed by atoms with Crippen molar-refractivity contribution in [1.29, 1.82) is 0 Å². The molecule has 0 aliphatic heterocycles. The minimum atomic E-state index is 0.567. The van der Waals surface area contributed by atoms with Gasteiger partial charge in [-0.1, -0.05) is 133 Å². The first-order chi connectivity index (χ1) is 23.8. The first-order valence-corrected chi connectivity index (χ1v) is 16.0. The van der Waals surface area contributed by atoms with Gasteiger partial charge in [-0.2, -0.15) is 9.97 Å². The summed E-state index contributed by atoms with van der Waals surface area (Å²) in [5.74, 6) is 1.82. The molecule has 7 aromatic carbocycles. The lowest BCUT2D eigenvalue weighted by molar-refractivity contribution is 0.669. The maximum absolute atomic E-state index is 6.50. The van der Waals surface area contributed by atoms with E-state index in [0.29, 0.717) is 17.6 Å². The summed E-state index contributed by atoms with van der Waals surface area (Å²) < 4.78 is 8.69. The van der Waals surface area contributed by atoms with Gasteiger partial charge in [0.1, 0.15) is 11.2 Å². The van der Waals surface area contributed by atoms with E-state index in [2.05, 4.69) is 102 Å². The Balaban J connectivity index is 1.26. The van der Waals surface area contributed by atoms with Crippen LogP contribution in [-0.4, -0.2) is 19.5 Å². The number of furan rings is 1. The molecular weight excluding hydrogens is 589 g/mol. The molecule has 3 heterocycles. The summed E-state index contributed by atoms with van der Waals surface area (Å²) >= 11 is 0. The molecule has 0 saturated carbocycles. The minimum Gasteiger partial charge on any atom is -0.456 e. The molecule has 0 radical (unpaired) electrons. The molecule has 3 aromatic heterocycles. The van der Waals surface area contributed by atoms with E-state index >= 15 is 0 Å². The lowest BCUT2D eigenvalue weighted by Gasteiger charge is -2.13. The molecule has 0 fully saturated rings. The van der Waals surface area contributed by atoms with Crippen molar-refractivity contribution in [2.24, 2.45) is 0 Å². The highest BCUT2D eigenvalue weighted by Gasteiger charge is 2.21. The maximum Gasteiger partial charge on any atom is 0.238 e. The van der Waals surface area contributed by atoms with Crippen molar-refractivity contribution in [1.82, 2.24) is 19.5 Å². The predicted octanol–water partition coefficient (Wildman–Crippen LogP) is 11.0. The number of para-hydroxylation sites is 2. The summed E-state index contributed by atoms with van der Waals surface area (Å²) in [7, 11) is 0. The topological polar surface area (TPSA) is 56.7 Å². The van der Waals surface area contributed by atoms with Crippen LogP contribution in [0.1, 0.15) is 0 Å². The van der Waals surface area contributed by atoms with Crippen LogP contribution in [0.25, 0.3) is 94.4 Å². The van der Waals surface area contributed by atoms with E-state index in [0.717, 1.165) is 66.0 Å². The Labute approximate surface area is 275 Å². The van der Waals surface area contributed by atoms with E-state index in [1.165, 1.54) is 10.8 Å². The van der Waals surface area contributed by atoms with Gasteiger partial charge in [0, 0.05) is 38.2 Å². The van der Waals surface area contributed by atoms with Crippen LogP contribution in [-0.2, 0) is 0 Å². The van der Waals surface area contributed by atoms with Gasteiger partial charge < -0.3 is 4.42 Å². The third-order valence-electron chi connectivity index (χ3n) is 9.26. The molecule has 0 spiro atoms. The van der Waals surface area contributed by atoms with E-state index in [-0.39, 0.29) is 0 Å². The number of fused-ring (bicyclic) bond motifs is 8. The van der Waals surface area contributed by atoms with Gasteiger partial charge in [-0.3, -0.25) is 4.57 Å². The van der Waals surface area contributed by atoms with Crippen molar-refractivity contribution >= 4 is 54.5 Å². The Kier molecular flexibility index (Phi) is 5.81. The lowest BCUT2D eigenvalue weighted by Crippen LogP contribution is -2.06. The van der Waals surface area contributed by atoms with E-state index in [4.69, 9.17) is 19.4 Å². The second-order valence-electron chi connectivity index (χ2n) is 12.0. The first-order valence-electron chi connectivity index (χ1n) is 16.0. The van der Waals surface area contributed by atoms with Crippen molar-refractivity contribution in [3.8, 4) is 39.9 Å². The van der Waals surface area contributed by atoms with Gasteiger partial charge >= 0.3 is 0 Å². The third kappa shape index (κ3) is 4.08. The molecule has 10 rings (SSSR count). The van der Waals surface area contributed by atoms with Crippen LogP contribution < -0.4 is 0 Å². The number of rotatable bonds is 4. The standard InChI is InChI=1S/C43H26N4O/c1-3-13-28(14-4-1)41-44-42(29-15-5-2-6-16-29)46-43(45-41)47-36-21-10-9-18-33(36)34-20-11-19-32(40(34)47)30-22-24-35-38(26-30)48-37-25-23-27-12-7-8-17-31(27)39(35)37/h1-26H. The van der Waals surface area contributed by atoms with Gasteiger partial charge in [0.2, 0.25) is 5.95 Å². The zero-order valence-electron chi connectivity index (χ0n) is 25.7. The van der Waals surface area contributed by atoms with Crippen LogP contribution >= 0.6 is 0 Å². The smallest absolute Gasteiger partial charge is 0.238 e. The Morgan fingerprint density at radius 1 is 0.438 bits per heavy atom. The molecule has 224 valence electrons. The summed E-state index contributed by atoms with van der Waals surface area (Å²) in [6.07, 6.45) is 0. The van der Waals surface area contributed by atoms with Crippen molar-refractivity contribution in [2.75, 3.05) is 0 Å². The van der Waals surface area contributed by atoms with E-state index in [1.807, 2.05) is 60.7 Å². The highest BCUT2D eigenvalue weighted by Crippen LogP contribution is 2.41. The van der Waals surface area contributed by atoms with Gasteiger partial charge in [0.05, 0.1) is 11.0 Å². The minimum absolute atomic E-state index is 0.567. The molecule has 5 heteroatoms. The van der Waals surface area contributed by atoms with E-state index in [9.17, 15) is 0 Å². The van der Waals surface area contributed by atoms with E-state index in [1.54, 1.807) is 0 Å². The van der Waals surface area contributed by atoms with Gasteiger partial charge in [0.15, 0.2) is 11.6 Å². The number of benzene rings is 7. The number of aromatic nitrogens is 4. The van der Waals surface area contributed by atoms with Crippen molar-refractivity contribution < 1.29 is 4.42 Å².